The van der Waals surface area contributed by atoms with Crippen molar-refractivity contribution >= 4 is 34.3 Å². The summed E-state index contributed by atoms with van der Waals surface area (Å²) in [5, 5.41) is 10.3. The summed E-state index contributed by atoms with van der Waals surface area (Å²) in [6.45, 7) is 5.19. The summed E-state index contributed by atoms with van der Waals surface area (Å²) in [5.41, 5.74) is 4.33. The Labute approximate surface area is 187 Å². The minimum atomic E-state index is -0.569. The van der Waals surface area contributed by atoms with Gasteiger partial charge in [0, 0.05) is 10.8 Å². The molecule has 3 aromatic rings. The molecule has 1 heterocycles. The standard InChI is InChI=1S/C27H27NO4/c1-27(2,3)23(30)16-32-26(31)24-20-8-4-5-10-22(20)28-25-18(7-6-9-21(24)25)15-17-11-13-19(29)14-12-17/h4-5,8,10-15,29H,6-7,9,16H2,1-3H3. The lowest BCUT2D eigenvalue weighted by atomic mass is 9.86. The maximum Gasteiger partial charge on any atom is 0.339 e. The van der Waals surface area contributed by atoms with Crippen molar-refractivity contribution in [1.29, 1.82) is 0 Å². The SMILES string of the molecule is CC(C)(C)C(=O)COC(=O)c1c2c(nc3ccccc13)C(=Cc1ccc(O)cc1)CCC2. The minimum Gasteiger partial charge on any atom is -0.508 e. The molecule has 0 saturated carbocycles. The van der Waals surface area contributed by atoms with Crippen LogP contribution in [0.2, 0.25) is 0 Å². The monoisotopic (exact) mass is 429 g/mol. The first kappa shape index (κ1) is 21.8. The Morgan fingerprint density at radius 3 is 2.50 bits per heavy atom. The number of esters is 1. The summed E-state index contributed by atoms with van der Waals surface area (Å²) in [6, 6.07) is 14.5. The maximum absolute atomic E-state index is 13.2. The average molecular weight is 430 g/mol. The fourth-order valence-electron chi connectivity index (χ4n) is 3.90. The second-order valence-electron chi connectivity index (χ2n) is 9.20. The molecule has 1 aliphatic rings. The van der Waals surface area contributed by atoms with Crippen molar-refractivity contribution in [3.8, 4) is 5.75 Å². The molecule has 4 rings (SSSR count). The van der Waals surface area contributed by atoms with E-state index in [0.29, 0.717) is 5.56 Å². The van der Waals surface area contributed by atoms with Crippen molar-refractivity contribution < 1.29 is 19.4 Å². The maximum atomic E-state index is 13.2. The molecule has 164 valence electrons. The number of phenolic OH excluding ortho intramolecular Hbond substituents is 1. The van der Waals surface area contributed by atoms with E-state index in [1.54, 1.807) is 12.1 Å². The lowest BCUT2D eigenvalue weighted by Crippen LogP contribution is -2.27. The number of fused-ring (bicyclic) bond motifs is 2. The molecule has 0 spiro atoms. The van der Waals surface area contributed by atoms with Crippen LogP contribution in [0.4, 0.5) is 0 Å². The highest BCUT2D eigenvalue weighted by Gasteiger charge is 2.28. The Morgan fingerprint density at radius 2 is 1.78 bits per heavy atom. The van der Waals surface area contributed by atoms with Gasteiger partial charge in [-0.15, -0.1) is 0 Å². The number of allylic oxidation sites excluding steroid dienone is 1. The van der Waals surface area contributed by atoms with Gasteiger partial charge in [0.1, 0.15) is 5.75 Å². The van der Waals surface area contributed by atoms with Gasteiger partial charge in [0.05, 0.1) is 16.8 Å². The van der Waals surface area contributed by atoms with E-state index >= 15 is 0 Å². The topological polar surface area (TPSA) is 76.5 Å². The Morgan fingerprint density at radius 1 is 1.06 bits per heavy atom. The fourth-order valence-corrected chi connectivity index (χ4v) is 3.90. The van der Waals surface area contributed by atoms with Crippen molar-refractivity contribution in [1.82, 2.24) is 4.98 Å². The highest BCUT2D eigenvalue weighted by Crippen LogP contribution is 2.36. The number of hydrogen-bond acceptors (Lipinski definition) is 5. The van der Waals surface area contributed by atoms with Gasteiger partial charge in [-0.2, -0.15) is 0 Å². The number of ketones is 1. The average Bonchev–Trinajstić information content (AvgIpc) is 2.77. The summed E-state index contributed by atoms with van der Waals surface area (Å²) in [5.74, 6) is -0.385. The van der Waals surface area contributed by atoms with E-state index in [1.165, 1.54) is 0 Å². The quantitative estimate of drug-likeness (QED) is 0.547. The second-order valence-corrected chi connectivity index (χ2v) is 9.20. The molecule has 0 amide bonds. The first-order chi connectivity index (χ1) is 15.2. The zero-order valence-electron chi connectivity index (χ0n) is 18.6. The zero-order valence-corrected chi connectivity index (χ0v) is 18.6. The van der Waals surface area contributed by atoms with E-state index in [-0.39, 0.29) is 18.1 Å². The molecule has 1 aromatic heterocycles. The molecule has 5 heteroatoms. The van der Waals surface area contributed by atoms with Crippen molar-refractivity contribution in [2.45, 2.75) is 40.0 Å². The molecule has 2 aromatic carbocycles. The van der Waals surface area contributed by atoms with E-state index in [2.05, 4.69) is 6.08 Å². The first-order valence-corrected chi connectivity index (χ1v) is 10.9. The largest absolute Gasteiger partial charge is 0.508 e. The number of benzene rings is 2. The van der Waals surface area contributed by atoms with Crippen LogP contribution in [0.15, 0.2) is 48.5 Å². The van der Waals surface area contributed by atoms with E-state index in [1.807, 2.05) is 57.2 Å². The van der Waals surface area contributed by atoms with E-state index in [9.17, 15) is 14.7 Å². The van der Waals surface area contributed by atoms with Crippen LogP contribution in [-0.2, 0) is 16.0 Å². The number of Topliss-reactive ketones (excluding diaryl/α,β-unsaturated/α-hetero) is 1. The Hall–Kier alpha value is -3.47. The van der Waals surface area contributed by atoms with Gasteiger partial charge in [0.15, 0.2) is 12.4 Å². The fraction of sp³-hybridized carbons (Fsp3) is 0.296. The van der Waals surface area contributed by atoms with Gasteiger partial charge in [-0.25, -0.2) is 9.78 Å². The van der Waals surface area contributed by atoms with Crippen molar-refractivity contribution in [3.05, 3.63) is 70.9 Å². The normalized spacial score (nSPS) is 14.9. The molecule has 0 aliphatic heterocycles. The number of aromatic hydroxyl groups is 1. The van der Waals surface area contributed by atoms with Gasteiger partial charge in [0.2, 0.25) is 0 Å². The van der Waals surface area contributed by atoms with Crippen LogP contribution in [0.25, 0.3) is 22.6 Å². The van der Waals surface area contributed by atoms with E-state index < -0.39 is 11.4 Å². The lowest BCUT2D eigenvalue weighted by Gasteiger charge is -2.23. The van der Waals surface area contributed by atoms with Gasteiger partial charge < -0.3 is 9.84 Å². The summed E-state index contributed by atoms with van der Waals surface area (Å²) in [6.07, 6.45) is 4.50. The van der Waals surface area contributed by atoms with Gasteiger partial charge in [0.25, 0.3) is 0 Å². The van der Waals surface area contributed by atoms with Crippen molar-refractivity contribution in [2.75, 3.05) is 6.61 Å². The molecule has 0 radical (unpaired) electrons. The molecule has 1 N–H and O–H groups in total. The molecular formula is C27H27NO4. The number of aromatic nitrogens is 1. The molecule has 1 aliphatic carbocycles. The summed E-state index contributed by atoms with van der Waals surface area (Å²) >= 11 is 0. The van der Waals surface area contributed by atoms with Crippen LogP contribution >= 0.6 is 0 Å². The molecular weight excluding hydrogens is 402 g/mol. The number of carbonyl (C=O) groups excluding carboxylic acids is 2. The number of carbonyl (C=O) groups is 2. The highest BCUT2D eigenvalue weighted by molar-refractivity contribution is 6.07. The van der Waals surface area contributed by atoms with Crippen molar-refractivity contribution in [2.24, 2.45) is 5.41 Å². The van der Waals surface area contributed by atoms with Crippen LogP contribution < -0.4 is 0 Å². The molecule has 0 saturated heterocycles. The molecule has 0 bridgehead atoms. The predicted octanol–water partition coefficient (Wildman–Crippen LogP) is 5.59. The van der Waals surface area contributed by atoms with Gasteiger partial charge in [-0.05, 0) is 60.2 Å². The Bertz CT molecular complexity index is 1220. The van der Waals surface area contributed by atoms with Gasteiger partial charge >= 0.3 is 5.97 Å². The number of hydrogen-bond donors (Lipinski definition) is 1. The van der Waals surface area contributed by atoms with Crippen LogP contribution in [0.3, 0.4) is 0 Å². The summed E-state index contributed by atoms with van der Waals surface area (Å²) in [4.78, 5) is 30.4. The van der Waals surface area contributed by atoms with Crippen molar-refractivity contribution in [3.63, 3.8) is 0 Å². The number of rotatable bonds is 4. The first-order valence-electron chi connectivity index (χ1n) is 10.9. The predicted molar refractivity (Wildman–Crippen MR) is 125 cm³/mol. The van der Waals surface area contributed by atoms with E-state index in [4.69, 9.17) is 9.72 Å². The third-order valence-electron chi connectivity index (χ3n) is 5.78. The number of ether oxygens (including phenoxy) is 1. The molecule has 0 fully saturated rings. The molecule has 0 atom stereocenters. The Kier molecular flexibility index (Phi) is 5.83. The van der Waals surface area contributed by atoms with Gasteiger partial charge in [-0.3, -0.25) is 4.79 Å². The lowest BCUT2D eigenvalue weighted by molar-refractivity contribution is -0.129. The van der Waals surface area contributed by atoms with Crippen LogP contribution in [-0.4, -0.2) is 28.4 Å². The third-order valence-corrected chi connectivity index (χ3v) is 5.78. The van der Waals surface area contributed by atoms with E-state index in [0.717, 1.165) is 52.6 Å². The molecule has 32 heavy (non-hydrogen) atoms. The Balaban J connectivity index is 1.79. The molecule has 5 nitrogen and oxygen atoms in total. The van der Waals surface area contributed by atoms with Crippen LogP contribution in [0.5, 0.6) is 5.75 Å². The smallest absolute Gasteiger partial charge is 0.339 e. The summed E-state index contributed by atoms with van der Waals surface area (Å²) in [7, 11) is 0. The summed E-state index contributed by atoms with van der Waals surface area (Å²) < 4.78 is 5.49. The highest BCUT2D eigenvalue weighted by atomic mass is 16.5. The number of pyridine rings is 1. The second kappa shape index (κ2) is 8.58. The molecule has 0 unspecified atom stereocenters. The number of phenols is 1. The van der Waals surface area contributed by atoms with Crippen LogP contribution in [0, 0.1) is 5.41 Å². The minimum absolute atomic E-state index is 0.119. The zero-order chi connectivity index (χ0) is 22.9. The van der Waals surface area contributed by atoms with Gasteiger partial charge in [-0.1, -0.05) is 51.1 Å². The number of nitrogens with zero attached hydrogens (tertiary/aromatic N) is 1. The number of para-hydroxylation sites is 1. The third kappa shape index (κ3) is 4.42. The van der Waals surface area contributed by atoms with Crippen LogP contribution in [0.1, 0.15) is 60.8 Å².